The molecule has 0 aliphatic heterocycles. The standard InChI is InChI=1S/C23H19F3N4O3S/c1-11-5-13-3-4-14(6-17(13)29-11)21(33)30-12(2)22-28-10-20(34-22)18(31)8-15-7-16(23(24,25)26)19(32)9-27-15/h3-7,9-10,12,29,32H,8H2,1-2H3,(H,30,33). The van der Waals surface area contributed by atoms with Gasteiger partial charge in [-0.2, -0.15) is 13.2 Å². The number of hydrogen-bond donors (Lipinski definition) is 3. The molecule has 176 valence electrons. The van der Waals surface area contributed by atoms with Crippen LogP contribution in [-0.4, -0.2) is 31.7 Å². The lowest BCUT2D eigenvalue weighted by Gasteiger charge is -2.11. The smallest absolute Gasteiger partial charge is 0.420 e. The molecular weight excluding hydrogens is 469 g/mol. The Labute approximate surface area is 195 Å². The van der Waals surface area contributed by atoms with E-state index < -0.39 is 29.3 Å². The second kappa shape index (κ2) is 8.90. The first-order valence-corrected chi connectivity index (χ1v) is 11.0. The summed E-state index contributed by atoms with van der Waals surface area (Å²) in [5, 5.41) is 13.7. The number of benzene rings is 1. The maximum Gasteiger partial charge on any atom is 0.420 e. The summed E-state index contributed by atoms with van der Waals surface area (Å²) < 4.78 is 38.9. The molecule has 1 amide bonds. The summed E-state index contributed by atoms with van der Waals surface area (Å²) in [7, 11) is 0. The summed E-state index contributed by atoms with van der Waals surface area (Å²) in [6.07, 6.45) is -3.15. The lowest BCUT2D eigenvalue weighted by Crippen LogP contribution is -2.26. The number of thiazole rings is 1. The van der Waals surface area contributed by atoms with Gasteiger partial charge >= 0.3 is 6.18 Å². The Kier molecular flexibility index (Phi) is 6.13. The van der Waals surface area contributed by atoms with Crippen LogP contribution in [0.1, 0.15) is 55.0 Å². The molecule has 0 aliphatic carbocycles. The largest absolute Gasteiger partial charge is 0.506 e. The van der Waals surface area contributed by atoms with Crippen molar-refractivity contribution in [3.8, 4) is 5.75 Å². The minimum absolute atomic E-state index is 0.124. The van der Waals surface area contributed by atoms with Crippen molar-refractivity contribution in [2.45, 2.75) is 32.5 Å². The second-order valence-corrected chi connectivity index (χ2v) is 8.87. The van der Waals surface area contributed by atoms with Crippen molar-refractivity contribution < 1.29 is 27.9 Å². The molecule has 0 spiro atoms. The first-order chi connectivity index (χ1) is 16.0. The van der Waals surface area contributed by atoms with E-state index in [1.54, 1.807) is 19.1 Å². The Balaban J connectivity index is 1.43. The molecule has 7 nitrogen and oxygen atoms in total. The van der Waals surface area contributed by atoms with Gasteiger partial charge in [0.1, 0.15) is 16.3 Å². The minimum atomic E-state index is -4.76. The molecule has 1 unspecified atom stereocenters. The van der Waals surface area contributed by atoms with E-state index in [2.05, 4.69) is 20.3 Å². The number of rotatable bonds is 6. The van der Waals surface area contributed by atoms with Crippen LogP contribution in [0.4, 0.5) is 13.2 Å². The summed E-state index contributed by atoms with van der Waals surface area (Å²) in [5.74, 6) is -1.78. The van der Waals surface area contributed by atoms with Gasteiger partial charge in [-0.3, -0.25) is 14.6 Å². The normalized spacial score (nSPS) is 12.6. The number of alkyl halides is 3. The van der Waals surface area contributed by atoms with Crippen LogP contribution in [0.15, 0.2) is 42.7 Å². The molecular formula is C23H19F3N4O3S. The number of fused-ring (bicyclic) bond motifs is 1. The number of nitrogens with one attached hydrogen (secondary N) is 2. The first kappa shape index (κ1) is 23.4. The van der Waals surface area contributed by atoms with Gasteiger partial charge in [0.05, 0.1) is 23.5 Å². The average Bonchev–Trinajstić information content (AvgIpc) is 3.39. The third-order valence-electron chi connectivity index (χ3n) is 5.12. The number of amides is 1. The highest BCUT2D eigenvalue weighted by Crippen LogP contribution is 2.35. The van der Waals surface area contributed by atoms with Gasteiger partial charge in [0.15, 0.2) is 5.78 Å². The number of aromatic amines is 1. The Hall–Kier alpha value is -3.73. The molecule has 1 aromatic carbocycles. The molecule has 3 aromatic heterocycles. The van der Waals surface area contributed by atoms with Crippen LogP contribution in [0.25, 0.3) is 10.9 Å². The number of Topliss-reactive ketones (excluding diaryl/α,β-unsaturated/α-hetero) is 1. The Morgan fingerprint density at radius 1 is 1.18 bits per heavy atom. The third-order valence-corrected chi connectivity index (χ3v) is 6.34. The van der Waals surface area contributed by atoms with Gasteiger partial charge in [-0.1, -0.05) is 6.07 Å². The zero-order valence-electron chi connectivity index (χ0n) is 18.0. The fourth-order valence-corrected chi connectivity index (χ4v) is 4.30. The van der Waals surface area contributed by atoms with Crippen LogP contribution in [0.2, 0.25) is 0 Å². The summed E-state index contributed by atoms with van der Waals surface area (Å²) >= 11 is 1.04. The highest BCUT2D eigenvalue weighted by Gasteiger charge is 2.34. The maximum absolute atomic E-state index is 13.0. The number of aromatic nitrogens is 3. The highest BCUT2D eigenvalue weighted by atomic mass is 32.1. The van der Waals surface area contributed by atoms with Crippen molar-refractivity contribution >= 4 is 33.9 Å². The van der Waals surface area contributed by atoms with Gasteiger partial charge in [0.25, 0.3) is 5.91 Å². The van der Waals surface area contributed by atoms with Gasteiger partial charge in [-0.25, -0.2) is 4.98 Å². The molecule has 3 N–H and O–H groups in total. The van der Waals surface area contributed by atoms with Gasteiger partial charge in [0.2, 0.25) is 0 Å². The van der Waals surface area contributed by atoms with Crippen LogP contribution < -0.4 is 5.32 Å². The summed E-state index contributed by atoms with van der Waals surface area (Å²) in [5.41, 5.74) is 0.920. The quantitative estimate of drug-likeness (QED) is 0.332. The van der Waals surface area contributed by atoms with E-state index in [-0.39, 0.29) is 22.9 Å². The van der Waals surface area contributed by atoms with E-state index >= 15 is 0 Å². The predicted molar refractivity (Wildman–Crippen MR) is 120 cm³/mol. The maximum atomic E-state index is 13.0. The summed E-state index contributed by atoms with van der Waals surface area (Å²) in [4.78, 5) is 36.5. The molecule has 1 atom stereocenters. The second-order valence-electron chi connectivity index (χ2n) is 7.80. The molecule has 0 fully saturated rings. The SMILES string of the molecule is Cc1cc2ccc(C(=O)NC(C)c3ncc(C(=O)Cc4cc(C(F)(F)F)c(O)cn4)s3)cc2[nH]1. The van der Waals surface area contributed by atoms with E-state index in [4.69, 9.17) is 0 Å². The predicted octanol–water partition coefficient (Wildman–Crippen LogP) is 4.97. The van der Waals surface area contributed by atoms with Gasteiger partial charge in [-0.15, -0.1) is 11.3 Å². The molecule has 4 aromatic rings. The fraction of sp³-hybridized carbons (Fsp3) is 0.217. The lowest BCUT2D eigenvalue weighted by atomic mass is 10.1. The van der Waals surface area contributed by atoms with Crippen molar-refractivity contribution in [1.29, 1.82) is 0 Å². The lowest BCUT2D eigenvalue weighted by molar-refractivity contribution is -0.138. The molecule has 0 aliphatic rings. The van der Waals surface area contributed by atoms with E-state index in [1.807, 2.05) is 19.1 Å². The van der Waals surface area contributed by atoms with Crippen LogP contribution in [-0.2, 0) is 12.6 Å². The van der Waals surface area contributed by atoms with Crippen molar-refractivity contribution in [3.63, 3.8) is 0 Å². The van der Waals surface area contributed by atoms with Crippen molar-refractivity contribution in [3.05, 3.63) is 75.1 Å². The molecule has 0 saturated carbocycles. The van der Waals surface area contributed by atoms with Crippen LogP contribution in [0.5, 0.6) is 5.75 Å². The third kappa shape index (κ3) is 4.93. The van der Waals surface area contributed by atoms with E-state index in [1.165, 1.54) is 6.20 Å². The van der Waals surface area contributed by atoms with Crippen molar-refractivity contribution in [2.24, 2.45) is 0 Å². The number of ketones is 1. The Morgan fingerprint density at radius 2 is 1.94 bits per heavy atom. The highest BCUT2D eigenvalue weighted by molar-refractivity contribution is 7.13. The number of H-pyrrole nitrogens is 1. The number of nitrogens with zero attached hydrogens (tertiary/aromatic N) is 2. The first-order valence-electron chi connectivity index (χ1n) is 10.2. The fourth-order valence-electron chi connectivity index (χ4n) is 3.44. The van der Waals surface area contributed by atoms with E-state index in [0.717, 1.165) is 27.9 Å². The number of hydrogen-bond acceptors (Lipinski definition) is 6. The summed E-state index contributed by atoms with van der Waals surface area (Å²) in [6.45, 7) is 3.65. The van der Waals surface area contributed by atoms with Gasteiger partial charge < -0.3 is 15.4 Å². The monoisotopic (exact) mass is 488 g/mol. The van der Waals surface area contributed by atoms with E-state index in [0.29, 0.717) is 22.8 Å². The summed E-state index contributed by atoms with van der Waals surface area (Å²) in [6, 6.07) is 7.45. The number of aryl methyl sites for hydroxylation is 1. The van der Waals surface area contributed by atoms with Crippen LogP contribution in [0, 0.1) is 6.92 Å². The van der Waals surface area contributed by atoms with Crippen LogP contribution >= 0.6 is 11.3 Å². The molecule has 0 bridgehead atoms. The number of halogens is 3. The number of aromatic hydroxyl groups is 1. The molecule has 0 saturated heterocycles. The average molecular weight is 488 g/mol. The van der Waals surface area contributed by atoms with Crippen LogP contribution in [0.3, 0.4) is 0 Å². The van der Waals surface area contributed by atoms with Crippen molar-refractivity contribution in [2.75, 3.05) is 0 Å². The Morgan fingerprint density at radius 3 is 2.68 bits per heavy atom. The number of carbonyl (C=O) groups excluding carboxylic acids is 2. The zero-order chi connectivity index (χ0) is 24.6. The number of carbonyl (C=O) groups is 2. The molecule has 4 rings (SSSR count). The molecule has 0 radical (unpaired) electrons. The van der Waals surface area contributed by atoms with Gasteiger partial charge in [0, 0.05) is 28.7 Å². The van der Waals surface area contributed by atoms with Gasteiger partial charge in [-0.05, 0) is 43.5 Å². The van der Waals surface area contributed by atoms with E-state index in [9.17, 15) is 27.9 Å². The number of pyridine rings is 1. The van der Waals surface area contributed by atoms with Crippen molar-refractivity contribution in [1.82, 2.24) is 20.3 Å². The molecule has 34 heavy (non-hydrogen) atoms. The Bertz CT molecular complexity index is 1390. The molecule has 11 heteroatoms. The zero-order valence-corrected chi connectivity index (χ0v) is 18.8. The molecule has 3 heterocycles. The topological polar surface area (TPSA) is 108 Å². The minimum Gasteiger partial charge on any atom is -0.506 e.